The Kier molecular flexibility index (Phi) is 11.7. The zero-order valence-corrected chi connectivity index (χ0v) is 14.8. The molecule has 0 atom stereocenters. The average Bonchev–Trinajstić information content (AvgIpc) is 2.96. The van der Waals surface area contributed by atoms with E-state index < -0.39 is 0 Å². The van der Waals surface area contributed by atoms with Gasteiger partial charge in [0.05, 0.1) is 57.6 Å². The third-order valence-corrected chi connectivity index (χ3v) is 3.18. The normalized spacial score (nSPS) is 11.5. The number of hydrogen-bond donors (Lipinski definition) is 1. The molecule has 0 fully saturated rings. The van der Waals surface area contributed by atoms with Crippen LogP contribution in [0.5, 0.6) is 0 Å². The lowest BCUT2D eigenvalue weighted by molar-refractivity contribution is 0.0444. The standard InChI is InChI=1S/C16H32N4O3/c1-4-6-17-7-10-21-12-13-22-11-8-20-16(14-18-19-20)5-9-23-15(2)3/h14-15,17H,4-13H2,1-3H3. The topological polar surface area (TPSA) is 70.4 Å². The summed E-state index contributed by atoms with van der Waals surface area (Å²) in [7, 11) is 0. The van der Waals surface area contributed by atoms with Gasteiger partial charge in [0.2, 0.25) is 0 Å². The van der Waals surface area contributed by atoms with Gasteiger partial charge in [-0.3, -0.25) is 0 Å². The third kappa shape index (κ3) is 10.4. The molecule has 134 valence electrons. The molecule has 0 aromatic carbocycles. The van der Waals surface area contributed by atoms with Gasteiger partial charge in [0.15, 0.2) is 0 Å². The first-order chi connectivity index (χ1) is 11.2. The van der Waals surface area contributed by atoms with Crippen molar-refractivity contribution in [1.29, 1.82) is 0 Å². The number of nitrogens with zero attached hydrogens (tertiary/aromatic N) is 3. The first kappa shape index (κ1) is 20.0. The number of hydrogen-bond acceptors (Lipinski definition) is 6. The van der Waals surface area contributed by atoms with Gasteiger partial charge in [0, 0.05) is 13.0 Å². The number of ether oxygens (including phenoxy) is 3. The Morgan fingerprint density at radius 3 is 2.61 bits per heavy atom. The molecule has 1 aromatic rings. The highest BCUT2D eigenvalue weighted by molar-refractivity contribution is 4.94. The zero-order chi connectivity index (χ0) is 16.8. The van der Waals surface area contributed by atoms with E-state index in [4.69, 9.17) is 14.2 Å². The van der Waals surface area contributed by atoms with Crippen molar-refractivity contribution in [1.82, 2.24) is 20.3 Å². The molecular weight excluding hydrogens is 296 g/mol. The van der Waals surface area contributed by atoms with Crippen LogP contribution in [0.25, 0.3) is 0 Å². The van der Waals surface area contributed by atoms with Crippen molar-refractivity contribution in [2.45, 2.75) is 46.3 Å². The minimum Gasteiger partial charge on any atom is -0.378 e. The fraction of sp³-hybridized carbons (Fsp3) is 0.875. The van der Waals surface area contributed by atoms with E-state index in [0.717, 1.165) is 38.2 Å². The van der Waals surface area contributed by atoms with Crippen LogP contribution in [0.15, 0.2) is 6.20 Å². The Morgan fingerprint density at radius 1 is 1.09 bits per heavy atom. The van der Waals surface area contributed by atoms with Gasteiger partial charge in [-0.1, -0.05) is 12.1 Å². The highest BCUT2D eigenvalue weighted by Gasteiger charge is 2.04. The second kappa shape index (κ2) is 13.4. The molecule has 0 aliphatic heterocycles. The van der Waals surface area contributed by atoms with E-state index in [0.29, 0.717) is 33.0 Å². The maximum atomic E-state index is 5.57. The molecule has 7 nitrogen and oxygen atoms in total. The second-order valence-electron chi connectivity index (χ2n) is 5.59. The Morgan fingerprint density at radius 2 is 1.87 bits per heavy atom. The number of nitrogens with one attached hydrogen (secondary N) is 1. The first-order valence-electron chi connectivity index (χ1n) is 8.59. The van der Waals surface area contributed by atoms with Crippen LogP contribution in [0.2, 0.25) is 0 Å². The van der Waals surface area contributed by atoms with Gasteiger partial charge in [-0.15, -0.1) is 5.10 Å². The van der Waals surface area contributed by atoms with Gasteiger partial charge < -0.3 is 19.5 Å². The first-order valence-corrected chi connectivity index (χ1v) is 8.59. The summed E-state index contributed by atoms with van der Waals surface area (Å²) in [5.41, 5.74) is 1.08. The minimum atomic E-state index is 0.250. The van der Waals surface area contributed by atoms with E-state index in [9.17, 15) is 0 Å². The lowest BCUT2D eigenvalue weighted by atomic mass is 10.3. The summed E-state index contributed by atoms with van der Waals surface area (Å²) in [5.74, 6) is 0. The lowest BCUT2D eigenvalue weighted by Crippen LogP contribution is -2.21. The SMILES string of the molecule is CCCNCCOCCOCCn1nncc1CCOC(C)C. The average molecular weight is 328 g/mol. The summed E-state index contributed by atoms with van der Waals surface area (Å²) in [6.45, 7) is 12.1. The zero-order valence-electron chi connectivity index (χ0n) is 14.8. The molecule has 0 amide bonds. The Hall–Kier alpha value is -1.02. The van der Waals surface area contributed by atoms with E-state index in [-0.39, 0.29) is 6.10 Å². The fourth-order valence-electron chi connectivity index (χ4n) is 1.98. The molecule has 0 spiro atoms. The van der Waals surface area contributed by atoms with Crippen LogP contribution in [0.1, 0.15) is 32.9 Å². The third-order valence-electron chi connectivity index (χ3n) is 3.18. The van der Waals surface area contributed by atoms with Gasteiger partial charge in [-0.05, 0) is 26.8 Å². The molecule has 0 radical (unpaired) electrons. The molecule has 0 aliphatic carbocycles. The summed E-state index contributed by atoms with van der Waals surface area (Å²) < 4.78 is 18.5. The van der Waals surface area contributed by atoms with Gasteiger partial charge in [-0.25, -0.2) is 4.68 Å². The predicted octanol–water partition coefficient (Wildman–Crippen LogP) is 1.28. The van der Waals surface area contributed by atoms with Gasteiger partial charge in [-0.2, -0.15) is 0 Å². The lowest BCUT2D eigenvalue weighted by Gasteiger charge is -2.09. The predicted molar refractivity (Wildman–Crippen MR) is 89.6 cm³/mol. The summed E-state index contributed by atoms with van der Waals surface area (Å²) in [5, 5.41) is 11.3. The van der Waals surface area contributed by atoms with E-state index in [1.54, 1.807) is 6.20 Å². The van der Waals surface area contributed by atoms with Crippen LogP contribution >= 0.6 is 0 Å². The van der Waals surface area contributed by atoms with Gasteiger partial charge >= 0.3 is 0 Å². The van der Waals surface area contributed by atoms with Crippen LogP contribution in [0.3, 0.4) is 0 Å². The summed E-state index contributed by atoms with van der Waals surface area (Å²) in [6, 6.07) is 0. The van der Waals surface area contributed by atoms with Crippen molar-refractivity contribution in [3.63, 3.8) is 0 Å². The molecular formula is C16H32N4O3. The Balaban J connectivity index is 2.00. The van der Waals surface area contributed by atoms with Crippen molar-refractivity contribution in [2.24, 2.45) is 0 Å². The molecule has 0 saturated heterocycles. The molecule has 0 unspecified atom stereocenters. The highest BCUT2D eigenvalue weighted by atomic mass is 16.5. The van der Waals surface area contributed by atoms with Crippen molar-refractivity contribution in [3.8, 4) is 0 Å². The van der Waals surface area contributed by atoms with Crippen molar-refractivity contribution >= 4 is 0 Å². The summed E-state index contributed by atoms with van der Waals surface area (Å²) in [6.07, 6.45) is 4.01. The van der Waals surface area contributed by atoms with Crippen molar-refractivity contribution < 1.29 is 14.2 Å². The summed E-state index contributed by atoms with van der Waals surface area (Å²) in [4.78, 5) is 0. The minimum absolute atomic E-state index is 0.250. The molecule has 1 heterocycles. The Bertz CT molecular complexity index is 385. The molecule has 0 aliphatic rings. The number of rotatable bonds is 15. The van der Waals surface area contributed by atoms with Crippen LogP contribution in [-0.2, 0) is 27.2 Å². The largest absolute Gasteiger partial charge is 0.378 e. The molecule has 0 saturated carbocycles. The maximum Gasteiger partial charge on any atom is 0.0726 e. The molecule has 23 heavy (non-hydrogen) atoms. The van der Waals surface area contributed by atoms with E-state index in [1.807, 2.05) is 18.5 Å². The van der Waals surface area contributed by atoms with Gasteiger partial charge in [0.25, 0.3) is 0 Å². The Labute approximate surface area is 139 Å². The van der Waals surface area contributed by atoms with Crippen LogP contribution in [0.4, 0.5) is 0 Å². The maximum absolute atomic E-state index is 5.57. The second-order valence-corrected chi connectivity index (χ2v) is 5.59. The fourth-order valence-corrected chi connectivity index (χ4v) is 1.98. The van der Waals surface area contributed by atoms with Crippen LogP contribution in [0, 0.1) is 0 Å². The van der Waals surface area contributed by atoms with E-state index >= 15 is 0 Å². The smallest absolute Gasteiger partial charge is 0.0726 e. The van der Waals surface area contributed by atoms with Crippen molar-refractivity contribution in [2.75, 3.05) is 46.1 Å². The quantitative estimate of drug-likeness (QED) is 0.489. The summed E-state index contributed by atoms with van der Waals surface area (Å²) >= 11 is 0. The van der Waals surface area contributed by atoms with Gasteiger partial charge in [0.1, 0.15) is 0 Å². The van der Waals surface area contributed by atoms with Crippen molar-refractivity contribution in [3.05, 3.63) is 11.9 Å². The molecule has 1 rings (SSSR count). The van der Waals surface area contributed by atoms with E-state index in [1.165, 1.54) is 0 Å². The monoisotopic (exact) mass is 328 g/mol. The van der Waals surface area contributed by atoms with Crippen LogP contribution < -0.4 is 5.32 Å². The van der Waals surface area contributed by atoms with Crippen LogP contribution in [-0.4, -0.2) is 67.2 Å². The van der Waals surface area contributed by atoms with E-state index in [2.05, 4.69) is 22.6 Å². The molecule has 1 N–H and O–H groups in total. The molecule has 7 heteroatoms. The molecule has 0 bridgehead atoms. The number of aromatic nitrogens is 3. The highest BCUT2D eigenvalue weighted by Crippen LogP contribution is 2.00. The molecule has 1 aromatic heterocycles.